The number of fused-ring (bicyclic) bond motifs is 2. The molecule has 0 saturated heterocycles. The zero-order chi connectivity index (χ0) is 13.5. The molecule has 0 spiro atoms. The number of para-hydroxylation sites is 1. The van der Waals surface area contributed by atoms with E-state index in [9.17, 15) is 0 Å². The zero-order valence-electron chi connectivity index (χ0n) is 11.2. The number of nitrogens with zero attached hydrogens (tertiary/aromatic N) is 1. The molecule has 20 heavy (non-hydrogen) atoms. The van der Waals surface area contributed by atoms with Crippen LogP contribution in [0.1, 0.15) is 16.7 Å². The van der Waals surface area contributed by atoms with Gasteiger partial charge in [0.2, 0.25) is 0 Å². The Morgan fingerprint density at radius 3 is 2.60 bits per heavy atom. The van der Waals surface area contributed by atoms with Crippen molar-refractivity contribution >= 4 is 5.84 Å². The second kappa shape index (κ2) is 4.37. The second-order valence-corrected chi connectivity index (χ2v) is 5.44. The van der Waals surface area contributed by atoms with E-state index < -0.39 is 0 Å². The molecule has 0 aromatic heterocycles. The van der Waals surface area contributed by atoms with Crippen LogP contribution in [-0.2, 0) is 13.0 Å². The fraction of sp³-hybridized carbons (Fsp3) is 0.235. The molecule has 3 nitrogen and oxygen atoms in total. The maximum absolute atomic E-state index is 8.28. The fourth-order valence-electron chi connectivity index (χ4n) is 3.10. The molecule has 1 N–H and O–H groups in total. The standard InChI is InChI=1S/C17H16N2O/c18-17-15-7-3-1-6-13(15)10-19(17)11-14-9-12-5-2-4-8-16(12)20-14/h1-8,14,18H,9-11H2. The van der Waals surface area contributed by atoms with Gasteiger partial charge in [0.1, 0.15) is 17.7 Å². The Morgan fingerprint density at radius 1 is 1.05 bits per heavy atom. The Balaban J connectivity index is 1.49. The minimum atomic E-state index is 0.155. The van der Waals surface area contributed by atoms with Gasteiger partial charge in [0.15, 0.2) is 0 Å². The van der Waals surface area contributed by atoms with Crippen molar-refractivity contribution in [2.75, 3.05) is 6.54 Å². The Labute approximate surface area is 118 Å². The van der Waals surface area contributed by atoms with Crippen LogP contribution >= 0.6 is 0 Å². The van der Waals surface area contributed by atoms with E-state index in [2.05, 4.69) is 23.1 Å². The van der Waals surface area contributed by atoms with E-state index in [-0.39, 0.29) is 6.10 Å². The minimum absolute atomic E-state index is 0.155. The first-order valence-corrected chi connectivity index (χ1v) is 6.97. The largest absolute Gasteiger partial charge is 0.488 e. The van der Waals surface area contributed by atoms with E-state index in [4.69, 9.17) is 10.1 Å². The molecule has 0 bridgehead atoms. The first kappa shape index (κ1) is 11.5. The molecule has 0 fully saturated rings. The van der Waals surface area contributed by atoms with Crippen LogP contribution in [0.5, 0.6) is 5.75 Å². The van der Waals surface area contributed by atoms with Gasteiger partial charge in [-0.2, -0.15) is 0 Å². The average Bonchev–Trinajstić information content (AvgIpc) is 3.01. The summed E-state index contributed by atoms with van der Waals surface area (Å²) < 4.78 is 5.98. The molecule has 3 heteroatoms. The van der Waals surface area contributed by atoms with E-state index in [0.29, 0.717) is 5.84 Å². The lowest BCUT2D eigenvalue weighted by Crippen LogP contribution is -2.35. The van der Waals surface area contributed by atoms with Crippen LogP contribution < -0.4 is 4.74 Å². The normalized spacial score (nSPS) is 19.7. The van der Waals surface area contributed by atoms with Gasteiger partial charge in [-0.1, -0.05) is 42.5 Å². The number of amidine groups is 1. The van der Waals surface area contributed by atoms with Crippen molar-refractivity contribution in [3.8, 4) is 5.75 Å². The Hall–Kier alpha value is -2.29. The summed E-state index contributed by atoms with van der Waals surface area (Å²) in [6, 6.07) is 16.4. The molecule has 0 amide bonds. The Bertz CT molecular complexity index is 655. The molecular formula is C17H16N2O. The summed E-state index contributed by atoms with van der Waals surface area (Å²) in [6.45, 7) is 1.60. The van der Waals surface area contributed by atoms with Crippen LogP contribution in [0.2, 0.25) is 0 Å². The SMILES string of the molecule is N=C1c2ccccc2CN1CC1Cc2ccccc2O1. The van der Waals surface area contributed by atoms with E-state index in [1.165, 1.54) is 11.1 Å². The van der Waals surface area contributed by atoms with Gasteiger partial charge in [-0.3, -0.25) is 5.41 Å². The number of ether oxygens (including phenoxy) is 1. The van der Waals surface area contributed by atoms with Crippen molar-refractivity contribution in [2.45, 2.75) is 19.1 Å². The van der Waals surface area contributed by atoms with E-state index in [0.717, 1.165) is 30.8 Å². The van der Waals surface area contributed by atoms with Gasteiger partial charge >= 0.3 is 0 Å². The number of hydrogen-bond donors (Lipinski definition) is 1. The number of hydrogen-bond acceptors (Lipinski definition) is 2. The van der Waals surface area contributed by atoms with Crippen LogP contribution in [0.25, 0.3) is 0 Å². The molecule has 2 aliphatic heterocycles. The maximum atomic E-state index is 8.28. The predicted molar refractivity (Wildman–Crippen MR) is 78.2 cm³/mol. The van der Waals surface area contributed by atoms with Crippen molar-refractivity contribution in [3.05, 3.63) is 65.2 Å². The zero-order valence-corrected chi connectivity index (χ0v) is 11.2. The topological polar surface area (TPSA) is 36.3 Å². The highest BCUT2D eigenvalue weighted by atomic mass is 16.5. The van der Waals surface area contributed by atoms with Gasteiger partial charge < -0.3 is 9.64 Å². The molecule has 4 rings (SSSR count). The van der Waals surface area contributed by atoms with Crippen LogP contribution in [-0.4, -0.2) is 23.4 Å². The summed E-state index contributed by atoms with van der Waals surface area (Å²) in [4.78, 5) is 2.11. The van der Waals surface area contributed by atoms with Gasteiger partial charge in [-0.05, 0) is 17.2 Å². The first-order chi connectivity index (χ1) is 9.81. The number of rotatable bonds is 2. The molecular weight excluding hydrogens is 248 g/mol. The third-order valence-corrected chi connectivity index (χ3v) is 4.09. The summed E-state index contributed by atoms with van der Waals surface area (Å²) in [6.07, 6.45) is 1.10. The summed E-state index contributed by atoms with van der Waals surface area (Å²) >= 11 is 0. The van der Waals surface area contributed by atoms with Crippen molar-refractivity contribution < 1.29 is 4.74 Å². The van der Waals surface area contributed by atoms with E-state index in [1.54, 1.807) is 0 Å². The molecule has 0 aliphatic carbocycles. The minimum Gasteiger partial charge on any atom is -0.488 e. The molecule has 2 aromatic carbocycles. The van der Waals surface area contributed by atoms with Crippen molar-refractivity contribution in [2.24, 2.45) is 0 Å². The van der Waals surface area contributed by atoms with Gasteiger partial charge in [0, 0.05) is 18.5 Å². The summed E-state index contributed by atoms with van der Waals surface area (Å²) in [7, 11) is 0. The molecule has 0 radical (unpaired) electrons. The highest BCUT2D eigenvalue weighted by Gasteiger charge is 2.29. The highest BCUT2D eigenvalue weighted by molar-refractivity contribution is 6.00. The van der Waals surface area contributed by atoms with Gasteiger partial charge in [0.05, 0.1) is 6.54 Å². The predicted octanol–water partition coefficient (Wildman–Crippen LogP) is 2.83. The van der Waals surface area contributed by atoms with Gasteiger partial charge in [-0.25, -0.2) is 0 Å². The fourth-order valence-corrected chi connectivity index (χ4v) is 3.10. The third-order valence-electron chi connectivity index (χ3n) is 4.09. The molecule has 2 aliphatic rings. The lowest BCUT2D eigenvalue weighted by atomic mass is 10.1. The smallest absolute Gasteiger partial charge is 0.128 e. The van der Waals surface area contributed by atoms with Crippen molar-refractivity contribution in [1.82, 2.24) is 4.90 Å². The van der Waals surface area contributed by atoms with Gasteiger partial charge in [-0.15, -0.1) is 0 Å². The summed E-state index contributed by atoms with van der Waals surface area (Å²) in [5.41, 5.74) is 3.58. The van der Waals surface area contributed by atoms with E-state index >= 15 is 0 Å². The lowest BCUT2D eigenvalue weighted by molar-refractivity contribution is 0.190. The Morgan fingerprint density at radius 2 is 1.80 bits per heavy atom. The molecule has 0 saturated carbocycles. The monoisotopic (exact) mass is 264 g/mol. The number of nitrogens with one attached hydrogen (secondary N) is 1. The molecule has 100 valence electrons. The quantitative estimate of drug-likeness (QED) is 0.905. The lowest BCUT2D eigenvalue weighted by Gasteiger charge is -2.21. The maximum Gasteiger partial charge on any atom is 0.128 e. The summed E-state index contributed by atoms with van der Waals surface area (Å²) in [5.74, 6) is 1.63. The first-order valence-electron chi connectivity index (χ1n) is 6.97. The molecule has 1 atom stereocenters. The molecule has 1 unspecified atom stereocenters. The van der Waals surface area contributed by atoms with Crippen LogP contribution in [0.3, 0.4) is 0 Å². The molecule has 2 heterocycles. The van der Waals surface area contributed by atoms with E-state index in [1.807, 2.05) is 30.3 Å². The van der Waals surface area contributed by atoms with Crippen molar-refractivity contribution in [3.63, 3.8) is 0 Å². The highest BCUT2D eigenvalue weighted by Crippen LogP contribution is 2.30. The summed E-state index contributed by atoms with van der Waals surface area (Å²) in [5, 5.41) is 8.28. The average molecular weight is 264 g/mol. The van der Waals surface area contributed by atoms with Crippen molar-refractivity contribution in [1.29, 1.82) is 5.41 Å². The molecule has 2 aromatic rings. The number of benzene rings is 2. The van der Waals surface area contributed by atoms with Crippen LogP contribution in [0.4, 0.5) is 0 Å². The Kier molecular flexibility index (Phi) is 2.52. The second-order valence-electron chi connectivity index (χ2n) is 5.44. The van der Waals surface area contributed by atoms with Crippen LogP contribution in [0, 0.1) is 5.41 Å². The van der Waals surface area contributed by atoms with Gasteiger partial charge in [0.25, 0.3) is 0 Å². The van der Waals surface area contributed by atoms with Crippen LogP contribution in [0.15, 0.2) is 48.5 Å². The third kappa shape index (κ3) is 1.78.